The zero-order valence-corrected chi connectivity index (χ0v) is 11.7. The first kappa shape index (κ1) is 15.9. The molecule has 1 atom stereocenters. The molecule has 0 aliphatic heterocycles. The van der Waals surface area contributed by atoms with Gasteiger partial charge in [-0.15, -0.1) is 0 Å². The Morgan fingerprint density at radius 1 is 1.30 bits per heavy atom. The number of benzene rings is 1. The number of nitrogens with one attached hydrogen (secondary N) is 1. The third-order valence-corrected chi connectivity index (χ3v) is 2.76. The summed E-state index contributed by atoms with van der Waals surface area (Å²) in [7, 11) is 1.45. The van der Waals surface area contributed by atoms with Gasteiger partial charge in [-0.1, -0.05) is 0 Å². The topological polar surface area (TPSA) is 117 Å². The van der Waals surface area contributed by atoms with Gasteiger partial charge in [-0.05, 0) is 37.1 Å². The Bertz CT molecular complexity index is 493. The highest BCUT2D eigenvalue weighted by molar-refractivity contribution is 5.93. The van der Waals surface area contributed by atoms with Gasteiger partial charge in [0.2, 0.25) is 12.0 Å². The van der Waals surface area contributed by atoms with E-state index in [1.165, 1.54) is 7.11 Å². The van der Waals surface area contributed by atoms with Crippen LogP contribution in [0.3, 0.4) is 0 Å². The number of aryl methyl sites for hydroxylation is 2. The second-order valence-electron chi connectivity index (χ2n) is 4.37. The second-order valence-corrected chi connectivity index (χ2v) is 4.37. The van der Waals surface area contributed by atoms with E-state index in [-0.39, 0.29) is 6.61 Å². The Hall–Kier alpha value is -2.12. The number of methoxy groups -OCH3 is 1. The maximum absolute atomic E-state index is 11.6. The average molecular weight is 281 g/mol. The number of primary amides is 1. The Morgan fingerprint density at radius 3 is 2.25 bits per heavy atom. The minimum atomic E-state index is -0.873. The average Bonchev–Trinajstić information content (AvgIpc) is 2.40. The Labute approximate surface area is 117 Å². The molecule has 0 radical (unpaired) electrons. The zero-order chi connectivity index (χ0) is 15.3. The van der Waals surface area contributed by atoms with Crippen LogP contribution >= 0.6 is 0 Å². The molecule has 1 aromatic rings. The van der Waals surface area contributed by atoms with Gasteiger partial charge in [-0.3, -0.25) is 15.0 Å². The number of hydrazine groups is 1. The predicted octanol–water partition coefficient (Wildman–Crippen LogP) is -0.214. The monoisotopic (exact) mass is 281 g/mol. The molecule has 2 amide bonds. The number of ether oxygens (including phenoxy) is 2. The summed E-state index contributed by atoms with van der Waals surface area (Å²) in [5, 5.41) is 0. The van der Waals surface area contributed by atoms with Crippen LogP contribution in [0.2, 0.25) is 0 Å². The van der Waals surface area contributed by atoms with E-state index in [0.29, 0.717) is 22.4 Å². The molecule has 0 heterocycles. The van der Waals surface area contributed by atoms with Crippen molar-refractivity contribution in [2.45, 2.75) is 20.0 Å². The first-order chi connectivity index (χ1) is 9.40. The first-order valence-electron chi connectivity index (χ1n) is 5.97. The first-order valence-corrected chi connectivity index (χ1v) is 5.97. The van der Waals surface area contributed by atoms with Crippen LogP contribution in [0.4, 0.5) is 0 Å². The molecule has 0 fully saturated rings. The van der Waals surface area contributed by atoms with Gasteiger partial charge in [0.25, 0.3) is 5.91 Å². The molecule has 0 saturated heterocycles. The van der Waals surface area contributed by atoms with Crippen LogP contribution in [0.1, 0.15) is 21.5 Å². The van der Waals surface area contributed by atoms with Crippen molar-refractivity contribution in [1.29, 1.82) is 0 Å². The molecule has 7 heteroatoms. The Kier molecular flexibility index (Phi) is 5.48. The molecule has 0 spiro atoms. The largest absolute Gasteiger partial charge is 0.478 e. The quantitative estimate of drug-likeness (QED) is 0.379. The molecule has 0 saturated carbocycles. The molecule has 1 rings (SSSR count). The summed E-state index contributed by atoms with van der Waals surface area (Å²) < 4.78 is 10.6. The van der Waals surface area contributed by atoms with Gasteiger partial charge in [0, 0.05) is 12.7 Å². The van der Waals surface area contributed by atoms with Crippen LogP contribution in [0.15, 0.2) is 12.1 Å². The molecule has 1 unspecified atom stereocenters. The fraction of sp³-hybridized carbons (Fsp3) is 0.385. The van der Waals surface area contributed by atoms with Crippen molar-refractivity contribution < 1.29 is 19.1 Å². The van der Waals surface area contributed by atoms with Crippen molar-refractivity contribution in [2.24, 2.45) is 11.6 Å². The smallest absolute Gasteiger partial charge is 0.277 e. The molecule has 110 valence electrons. The lowest BCUT2D eigenvalue weighted by Crippen LogP contribution is -2.44. The van der Waals surface area contributed by atoms with Crippen molar-refractivity contribution in [2.75, 3.05) is 13.7 Å². The highest BCUT2D eigenvalue weighted by Gasteiger charge is 2.21. The lowest BCUT2D eigenvalue weighted by Gasteiger charge is -2.20. The lowest BCUT2D eigenvalue weighted by molar-refractivity contribution is -0.130. The molecule has 0 aliphatic carbocycles. The summed E-state index contributed by atoms with van der Waals surface area (Å²) in [6.07, 6.45) is -0.873. The molecule has 0 aliphatic rings. The minimum Gasteiger partial charge on any atom is -0.478 e. The molecular weight excluding hydrogens is 262 g/mol. The summed E-state index contributed by atoms with van der Waals surface area (Å²) in [5.41, 5.74) is 9.05. The van der Waals surface area contributed by atoms with Gasteiger partial charge in [0.05, 0.1) is 6.61 Å². The predicted molar refractivity (Wildman–Crippen MR) is 73.1 cm³/mol. The van der Waals surface area contributed by atoms with Crippen molar-refractivity contribution >= 4 is 11.8 Å². The van der Waals surface area contributed by atoms with Gasteiger partial charge < -0.3 is 15.2 Å². The third-order valence-electron chi connectivity index (χ3n) is 2.76. The van der Waals surface area contributed by atoms with Crippen molar-refractivity contribution in [3.8, 4) is 5.75 Å². The molecule has 20 heavy (non-hydrogen) atoms. The summed E-state index contributed by atoms with van der Waals surface area (Å²) >= 11 is 0. The summed E-state index contributed by atoms with van der Waals surface area (Å²) in [5.74, 6) is 4.59. The van der Waals surface area contributed by atoms with E-state index in [4.69, 9.17) is 21.1 Å². The molecule has 1 aromatic carbocycles. The van der Waals surface area contributed by atoms with Crippen LogP contribution in [0, 0.1) is 13.8 Å². The van der Waals surface area contributed by atoms with Crippen molar-refractivity contribution in [1.82, 2.24) is 5.43 Å². The molecular formula is C13H19N3O4. The third kappa shape index (κ3) is 3.69. The fourth-order valence-corrected chi connectivity index (χ4v) is 1.83. The van der Waals surface area contributed by atoms with Gasteiger partial charge in [-0.2, -0.15) is 0 Å². The zero-order valence-electron chi connectivity index (χ0n) is 11.7. The molecule has 5 N–H and O–H groups in total. The molecule has 0 aromatic heterocycles. The van der Waals surface area contributed by atoms with E-state index < -0.39 is 17.9 Å². The van der Waals surface area contributed by atoms with E-state index in [2.05, 4.69) is 0 Å². The maximum Gasteiger partial charge on any atom is 0.277 e. The highest BCUT2D eigenvalue weighted by Crippen LogP contribution is 2.26. The van der Waals surface area contributed by atoms with Gasteiger partial charge in [-0.25, -0.2) is 5.84 Å². The Morgan fingerprint density at radius 2 is 1.85 bits per heavy atom. The van der Waals surface area contributed by atoms with E-state index in [0.717, 1.165) is 0 Å². The van der Waals surface area contributed by atoms with Gasteiger partial charge >= 0.3 is 0 Å². The second kappa shape index (κ2) is 6.88. The standard InChI is InChI=1S/C13H19N3O4/c1-7-4-9(12(14)17)5-8(2)11(7)20-10(6-19-3)13(18)16-15/h4-5,10H,6,15H2,1-3H3,(H2,14,17)(H,16,18). The lowest BCUT2D eigenvalue weighted by atomic mass is 10.1. The van der Waals surface area contributed by atoms with Crippen LogP contribution < -0.4 is 21.7 Å². The van der Waals surface area contributed by atoms with E-state index >= 15 is 0 Å². The van der Waals surface area contributed by atoms with Crippen molar-refractivity contribution in [3.05, 3.63) is 28.8 Å². The number of amides is 2. The number of nitrogens with two attached hydrogens (primary N) is 2. The maximum atomic E-state index is 11.6. The normalized spacial score (nSPS) is 11.8. The number of hydrogen-bond donors (Lipinski definition) is 3. The van der Waals surface area contributed by atoms with Crippen LogP contribution in [-0.4, -0.2) is 31.6 Å². The van der Waals surface area contributed by atoms with E-state index in [1.54, 1.807) is 26.0 Å². The number of carbonyl (C=O) groups is 2. The number of rotatable bonds is 6. The Balaban J connectivity index is 3.07. The highest BCUT2D eigenvalue weighted by atomic mass is 16.5. The molecule has 7 nitrogen and oxygen atoms in total. The van der Waals surface area contributed by atoms with Crippen LogP contribution in [-0.2, 0) is 9.53 Å². The summed E-state index contributed by atoms with van der Waals surface area (Å²) in [6.45, 7) is 3.58. The number of hydrogen-bond acceptors (Lipinski definition) is 5. The molecule has 0 bridgehead atoms. The number of carbonyl (C=O) groups excluding carboxylic acids is 2. The van der Waals surface area contributed by atoms with Crippen LogP contribution in [0.25, 0.3) is 0 Å². The summed E-state index contributed by atoms with van der Waals surface area (Å²) in [6, 6.07) is 3.21. The van der Waals surface area contributed by atoms with E-state index in [9.17, 15) is 9.59 Å². The van der Waals surface area contributed by atoms with Crippen LogP contribution in [0.5, 0.6) is 5.75 Å². The SMILES string of the molecule is COCC(Oc1c(C)cc(C(N)=O)cc1C)C(=O)NN. The van der Waals surface area contributed by atoms with Gasteiger partial charge in [0.15, 0.2) is 0 Å². The van der Waals surface area contributed by atoms with E-state index in [1.807, 2.05) is 5.43 Å². The van der Waals surface area contributed by atoms with Gasteiger partial charge in [0.1, 0.15) is 5.75 Å². The summed E-state index contributed by atoms with van der Waals surface area (Å²) in [4.78, 5) is 22.8. The minimum absolute atomic E-state index is 0.0550. The van der Waals surface area contributed by atoms with Crippen molar-refractivity contribution in [3.63, 3.8) is 0 Å². The fourth-order valence-electron chi connectivity index (χ4n) is 1.83.